The van der Waals surface area contributed by atoms with E-state index >= 15 is 0 Å². The van der Waals surface area contributed by atoms with Gasteiger partial charge in [0.25, 0.3) is 0 Å². The van der Waals surface area contributed by atoms with Crippen LogP contribution in [0.25, 0.3) is 0 Å². The fraction of sp³-hybridized carbons (Fsp3) is 0.700. The molecule has 1 rings (SSSR count). The monoisotopic (exact) mass is 183 g/mol. The van der Waals surface area contributed by atoms with E-state index in [4.69, 9.17) is 5.11 Å². The Kier molecular flexibility index (Phi) is 3.09. The summed E-state index contributed by atoms with van der Waals surface area (Å²) in [6.45, 7) is 6.49. The smallest absolute Gasteiger partial charge is 0.323 e. The largest absolute Gasteiger partial charge is 0.480 e. The lowest BCUT2D eigenvalue weighted by atomic mass is 9.76. The van der Waals surface area contributed by atoms with Crippen molar-refractivity contribution in [1.82, 2.24) is 5.32 Å². The molecule has 2 N–H and O–H groups in total. The Hall–Kier alpha value is -0.830. The number of nitrogens with one attached hydrogen (secondary N) is 1. The molecule has 0 atom stereocenters. The Balaban J connectivity index is 2.41. The van der Waals surface area contributed by atoms with Gasteiger partial charge in [0.05, 0.1) is 0 Å². The summed E-state index contributed by atoms with van der Waals surface area (Å²) in [5.74, 6) is -0.720. The van der Waals surface area contributed by atoms with Crippen LogP contribution in [0.4, 0.5) is 0 Å². The molecule has 0 saturated heterocycles. The van der Waals surface area contributed by atoms with Crippen molar-refractivity contribution in [3.63, 3.8) is 0 Å². The predicted molar refractivity (Wildman–Crippen MR) is 51.7 cm³/mol. The van der Waals surface area contributed by atoms with Gasteiger partial charge in [-0.2, -0.15) is 0 Å². The van der Waals surface area contributed by atoms with Crippen molar-refractivity contribution in [2.45, 2.75) is 38.1 Å². The minimum atomic E-state index is -0.720. The first-order chi connectivity index (χ1) is 6.10. The lowest BCUT2D eigenvalue weighted by molar-refractivity contribution is -0.148. The SMILES string of the molecule is C=C(CC)CNC1(C(=O)O)CCC1. The molecule has 3 nitrogen and oxygen atoms in total. The van der Waals surface area contributed by atoms with Crippen LogP contribution in [0.5, 0.6) is 0 Å². The third-order valence-corrected chi connectivity index (χ3v) is 2.79. The van der Waals surface area contributed by atoms with Gasteiger partial charge in [0.2, 0.25) is 0 Å². The molecule has 0 unspecified atom stereocenters. The summed E-state index contributed by atoms with van der Waals surface area (Å²) in [4.78, 5) is 10.9. The van der Waals surface area contributed by atoms with Crippen LogP contribution in [-0.4, -0.2) is 23.2 Å². The summed E-state index contributed by atoms with van der Waals surface area (Å²) in [5, 5.41) is 12.1. The highest BCUT2D eigenvalue weighted by atomic mass is 16.4. The zero-order chi connectivity index (χ0) is 9.90. The van der Waals surface area contributed by atoms with Gasteiger partial charge in [-0.05, 0) is 25.7 Å². The Morgan fingerprint density at radius 1 is 1.62 bits per heavy atom. The van der Waals surface area contributed by atoms with Gasteiger partial charge >= 0.3 is 5.97 Å². The first-order valence-corrected chi connectivity index (χ1v) is 4.76. The minimum Gasteiger partial charge on any atom is -0.480 e. The second kappa shape index (κ2) is 3.92. The van der Waals surface area contributed by atoms with Crippen molar-refractivity contribution in [3.8, 4) is 0 Å². The molecule has 0 radical (unpaired) electrons. The standard InChI is InChI=1S/C10H17NO2/c1-3-8(2)7-11-10(9(12)13)5-4-6-10/h11H,2-7H2,1H3,(H,12,13). The second-order valence-electron chi connectivity index (χ2n) is 3.70. The summed E-state index contributed by atoms with van der Waals surface area (Å²) in [6, 6.07) is 0. The van der Waals surface area contributed by atoms with E-state index in [1.165, 1.54) is 0 Å². The normalized spacial score (nSPS) is 19.2. The van der Waals surface area contributed by atoms with Crippen molar-refractivity contribution in [2.24, 2.45) is 0 Å². The van der Waals surface area contributed by atoms with Gasteiger partial charge in [0, 0.05) is 6.54 Å². The molecule has 0 aromatic rings. The quantitative estimate of drug-likeness (QED) is 0.636. The van der Waals surface area contributed by atoms with Crippen molar-refractivity contribution >= 4 is 5.97 Å². The number of carbonyl (C=O) groups is 1. The molecule has 13 heavy (non-hydrogen) atoms. The van der Waals surface area contributed by atoms with Crippen LogP contribution in [0.2, 0.25) is 0 Å². The highest BCUT2D eigenvalue weighted by Gasteiger charge is 2.43. The average molecular weight is 183 g/mol. The number of rotatable bonds is 5. The van der Waals surface area contributed by atoms with Crippen molar-refractivity contribution in [3.05, 3.63) is 12.2 Å². The van der Waals surface area contributed by atoms with E-state index in [1.807, 2.05) is 6.92 Å². The Bertz CT molecular complexity index is 219. The maximum Gasteiger partial charge on any atom is 0.323 e. The lowest BCUT2D eigenvalue weighted by Gasteiger charge is -2.38. The van der Waals surface area contributed by atoms with Crippen LogP contribution >= 0.6 is 0 Å². The lowest BCUT2D eigenvalue weighted by Crippen LogP contribution is -2.57. The summed E-state index contributed by atoms with van der Waals surface area (Å²) in [7, 11) is 0. The first-order valence-electron chi connectivity index (χ1n) is 4.76. The number of carboxylic acid groups (broad SMARTS) is 1. The number of aliphatic carboxylic acids is 1. The topological polar surface area (TPSA) is 49.3 Å². The van der Waals surface area contributed by atoms with Gasteiger partial charge in [-0.1, -0.05) is 19.1 Å². The number of hydrogen-bond acceptors (Lipinski definition) is 2. The van der Waals surface area contributed by atoms with E-state index < -0.39 is 11.5 Å². The predicted octanol–water partition coefficient (Wildman–Crippen LogP) is 1.55. The maximum atomic E-state index is 10.9. The third-order valence-electron chi connectivity index (χ3n) is 2.79. The molecule has 0 heterocycles. The first kappa shape index (κ1) is 10.3. The second-order valence-corrected chi connectivity index (χ2v) is 3.70. The molecule has 0 bridgehead atoms. The van der Waals surface area contributed by atoms with Gasteiger partial charge in [-0.15, -0.1) is 0 Å². The molecule has 1 aliphatic carbocycles. The van der Waals surface area contributed by atoms with E-state index in [0.717, 1.165) is 31.3 Å². The molecule has 0 aromatic carbocycles. The molecule has 0 spiro atoms. The molecule has 1 saturated carbocycles. The Morgan fingerprint density at radius 2 is 2.23 bits per heavy atom. The van der Waals surface area contributed by atoms with Gasteiger partial charge in [0.1, 0.15) is 5.54 Å². The van der Waals surface area contributed by atoms with Gasteiger partial charge in [-0.3, -0.25) is 10.1 Å². The Labute approximate surface area is 78.8 Å². The van der Waals surface area contributed by atoms with E-state index in [0.29, 0.717) is 6.54 Å². The van der Waals surface area contributed by atoms with Crippen LogP contribution in [-0.2, 0) is 4.79 Å². The van der Waals surface area contributed by atoms with E-state index in [-0.39, 0.29) is 0 Å². The summed E-state index contributed by atoms with van der Waals surface area (Å²) < 4.78 is 0. The highest BCUT2D eigenvalue weighted by Crippen LogP contribution is 2.32. The summed E-state index contributed by atoms with van der Waals surface area (Å²) >= 11 is 0. The summed E-state index contributed by atoms with van der Waals surface area (Å²) in [5.41, 5.74) is 0.422. The molecule has 0 amide bonds. The zero-order valence-corrected chi connectivity index (χ0v) is 8.10. The third kappa shape index (κ3) is 2.10. The molecule has 1 aliphatic rings. The van der Waals surface area contributed by atoms with Crippen molar-refractivity contribution < 1.29 is 9.90 Å². The molecule has 0 aliphatic heterocycles. The fourth-order valence-corrected chi connectivity index (χ4v) is 1.42. The average Bonchev–Trinajstić information content (AvgIpc) is 2.01. The highest BCUT2D eigenvalue weighted by molar-refractivity contribution is 5.80. The summed E-state index contributed by atoms with van der Waals surface area (Å²) in [6.07, 6.45) is 3.42. The van der Waals surface area contributed by atoms with Gasteiger partial charge in [-0.25, -0.2) is 0 Å². The fourth-order valence-electron chi connectivity index (χ4n) is 1.42. The van der Waals surface area contributed by atoms with E-state index in [9.17, 15) is 4.79 Å². The van der Waals surface area contributed by atoms with Crippen LogP contribution in [0.1, 0.15) is 32.6 Å². The van der Waals surface area contributed by atoms with E-state index in [1.54, 1.807) is 0 Å². The molecule has 3 heteroatoms. The van der Waals surface area contributed by atoms with Crippen molar-refractivity contribution in [1.29, 1.82) is 0 Å². The molecule has 0 aromatic heterocycles. The van der Waals surface area contributed by atoms with Crippen LogP contribution < -0.4 is 5.32 Å². The van der Waals surface area contributed by atoms with Crippen LogP contribution in [0.15, 0.2) is 12.2 Å². The maximum absolute atomic E-state index is 10.9. The number of hydrogen-bond donors (Lipinski definition) is 2. The van der Waals surface area contributed by atoms with Gasteiger partial charge in [0.15, 0.2) is 0 Å². The van der Waals surface area contributed by atoms with Crippen LogP contribution in [0.3, 0.4) is 0 Å². The Morgan fingerprint density at radius 3 is 2.54 bits per heavy atom. The zero-order valence-electron chi connectivity index (χ0n) is 8.10. The molecular weight excluding hydrogens is 166 g/mol. The number of carboxylic acids is 1. The van der Waals surface area contributed by atoms with Crippen molar-refractivity contribution in [2.75, 3.05) is 6.54 Å². The van der Waals surface area contributed by atoms with Crippen LogP contribution in [0, 0.1) is 0 Å². The molecule has 1 fully saturated rings. The van der Waals surface area contributed by atoms with E-state index in [2.05, 4.69) is 11.9 Å². The molecular formula is C10H17NO2. The molecule has 74 valence electrons. The van der Waals surface area contributed by atoms with Gasteiger partial charge < -0.3 is 5.11 Å². The minimum absolute atomic E-state index is 0.628.